The fraction of sp³-hybridized carbons (Fsp3) is 0.514. The maximum absolute atomic E-state index is 13.8. The summed E-state index contributed by atoms with van der Waals surface area (Å²) in [7, 11) is -6.22. The second-order valence-corrected chi connectivity index (χ2v) is 17.2. The summed E-state index contributed by atoms with van der Waals surface area (Å²) in [6, 6.07) is 7.76. The first-order chi connectivity index (χ1) is 24.9. The molecule has 1 fully saturated rings. The van der Waals surface area contributed by atoms with E-state index in [9.17, 15) is 34.2 Å². The van der Waals surface area contributed by atoms with Gasteiger partial charge < -0.3 is 42.1 Å². The summed E-state index contributed by atoms with van der Waals surface area (Å²) in [5.41, 5.74) is -1.64. The molecule has 0 spiro atoms. The summed E-state index contributed by atoms with van der Waals surface area (Å²) in [5, 5.41) is 22.7. The third kappa shape index (κ3) is 10.1. The first kappa shape index (κ1) is 42.8. The number of ketones is 1. The normalized spacial score (nSPS) is 15.9. The zero-order valence-electron chi connectivity index (χ0n) is 30.7. The molecule has 17 heteroatoms. The van der Waals surface area contributed by atoms with E-state index >= 15 is 0 Å². The SMILES string of the molecule is CCO[Si](CCCNC(=O)c1ccc(C(=O)c2ccc(C(=O)[NH+]3CCC3[Si](OCC)(OCC)OCC)c(C(=O)O)c2)cc1C(=O)O)(OCC)OCC. The Morgan fingerprint density at radius 2 is 1.15 bits per heavy atom. The summed E-state index contributed by atoms with van der Waals surface area (Å²) in [5.74, 6) is -4.68. The van der Waals surface area contributed by atoms with Crippen LogP contribution in [0.25, 0.3) is 0 Å². The number of likely N-dealkylation sites (tertiary alicyclic amines) is 1. The van der Waals surface area contributed by atoms with Crippen LogP contribution in [0.5, 0.6) is 0 Å². The molecule has 1 saturated heterocycles. The van der Waals surface area contributed by atoms with Crippen molar-refractivity contribution in [1.82, 2.24) is 5.32 Å². The predicted molar refractivity (Wildman–Crippen MR) is 192 cm³/mol. The lowest BCUT2D eigenvalue weighted by Crippen LogP contribution is -3.27. The standard InChI is InChI=1S/C35H50N2O13Si2/c1-7-45-51(46-8-2,47-9-3)21-13-19-36-32(39)26-16-14-24(22-28(26)34(41)42)31(38)25-15-17-27(29(23-25)35(43)44)33(40)37-20-18-30(37)52(48-10-4,49-11-5)50-12-6/h14-17,22-23,30H,7-13,18-21H2,1-6H3,(H,36,39)(H,41,42)(H,43,44)/p+1. The molecule has 2 aromatic carbocycles. The molecule has 3 rings (SSSR count). The van der Waals surface area contributed by atoms with Crippen LogP contribution in [0.4, 0.5) is 0 Å². The topological polar surface area (TPSA) is 198 Å². The largest absolute Gasteiger partial charge is 0.563 e. The lowest BCUT2D eigenvalue weighted by molar-refractivity contribution is -0.877. The van der Waals surface area contributed by atoms with Crippen molar-refractivity contribution in [2.45, 2.75) is 66.1 Å². The molecular formula is C35H51N2O13Si2+. The molecule has 4 N–H and O–H groups in total. The number of carboxylic acids is 2. The van der Waals surface area contributed by atoms with Crippen LogP contribution in [0.1, 0.15) is 112 Å². The van der Waals surface area contributed by atoms with Gasteiger partial charge in [-0.1, -0.05) is 12.1 Å². The summed E-state index contributed by atoms with van der Waals surface area (Å²) in [6.07, 6.45) is 1.04. The van der Waals surface area contributed by atoms with Crippen LogP contribution in [0.2, 0.25) is 6.04 Å². The number of carbonyl (C=O) groups is 5. The fourth-order valence-electron chi connectivity index (χ4n) is 6.19. The number of nitrogens with one attached hydrogen (secondary N) is 2. The van der Waals surface area contributed by atoms with Crippen molar-refractivity contribution >= 4 is 47.1 Å². The van der Waals surface area contributed by atoms with Gasteiger partial charge in [0.15, 0.2) is 11.4 Å². The third-order valence-corrected chi connectivity index (χ3v) is 15.1. The van der Waals surface area contributed by atoms with Gasteiger partial charge in [0.1, 0.15) is 0 Å². The quantitative estimate of drug-likeness (QED) is 0.0733. The van der Waals surface area contributed by atoms with E-state index in [1.807, 2.05) is 41.5 Å². The molecule has 286 valence electrons. The molecule has 15 nitrogen and oxygen atoms in total. The number of benzene rings is 2. The van der Waals surface area contributed by atoms with Gasteiger partial charge in [-0.3, -0.25) is 14.5 Å². The van der Waals surface area contributed by atoms with Crippen LogP contribution in [0, 0.1) is 0 Å². The predicted octanol–water partition coefficient (Wildman–Crippen LogP) is 2.87. The number of carboxylic acid groups (broad SMARTS) is 2. The Balaban J connectivity index is 1.82. The number of amides is 2. The fourth-order valence-corrected chi connectivity index (χ4v) is 12.1. The summed E-state index contributed by atoms with van der Waals surface area (Å²) >= 11 is 0. The van der Waals surface area contributed by atoms with Gasteiger partial charge in [0.25, 0.3) is 5.91 Å². The Hall–Kier alpha value is -3.66. The second kappa shape index (κ2) is 20.0. The molecule has 2 aromatic rings. The van der Waals surface area contributed by atoms with Gasteiger partial charge >= 0.3 is 35.5 Å². The molecule has 2 atom stereocenters. The van der Waals surface area contributed by atoms with E-state index in [0.29, 0.717) is 70.0 Å². The van der Waals surface area contributed by atoms with Crippen molar-refractivity contribution in [3.8, 4) is 0 Å². The number of quaternary nitrogens is 1. The molecule has 0 aliphatic carbocycles. The Morgan fingerprint density at radius 1 is 0.692 bits per heavy atom. The molecule has 1 aliphatic heterocycles. The smallest absolute Gasteiger partial charge is 0.478 e. The van der Waals surface area contributed by atoms with Gasteiger partial charge in [-0.15, -0.1) is 0 Å². The van der Waals surface area contributed by atoms with E-state index in [1.54, 1.807) is 0 Å². The molecule has 2 unspecified atom stereocenters. The van der Waals surface area contributed by atoms with Crippen molar-refractivity contribution in [3.05, 3.63) is 69.8 Å². The van der Waals surface area contributed by atoms with Crippen LogP contribution in [-0.4, -0.2) is 116 Å². The molecule has 1 heterocycles. The molecule has 0 saturated carbocycles. The van der Waals surface area contributed by atoms with E-state index in [1.165, 1.54) is 24.3 Å². The number of carbonyl (C=O) groups excluding carboxylic acids is 3. The molecule has 0 bridgehead atoms. The highest BCUT2D eigenvalue weighted by Gasteiger charge is 2.62. The average Bonchev–Trinajstić information content (AvgIpc) is 3.09. The third-order valence-electron chi connectivity index (χ3n) is 8.43. The van der Waals surface area contributed by atoms with Gasteiger partial charge in [0, 0.05) is 63.4 Å². The second-order valence-electron chi connectivity index (χ2n) is 11.6. The number of rotatable bonds is 23. The van der Waals surface area contributed by atoms with Gasteiger partial charge in [-0.2, -0.15) is 0 Å². The first-order valence-corrected chi connectivity index (χ1v) is 21.4. The first-order valence-electron chi connectivity index (χ1n) is 17.7. The van der Waals surface area contributed by atoms with Gasteiger partial charge in [0.2, 0.25) is 0 Å². The zero-order chi connectivity index (χ0) is 38.5. The van der Waals surface area contributed by atoms with E-state index in [4.69, 9.17) is 26.6 Å². The molecule has 2 amide bonds. The molecule has 52 heavy (non-hydrogen) atoms. The molecule has 0 aromatic heterocycles. The van der Waals surface area contributed by atoms with Crippen LogP contribution >= 0.6 is 0 Å². The van der Waals surface area contributed by atoms with Crippen LogP contribution in [0.3, 0.4) is 0 Å². The van der Waals surface area contributed by atoms with Crippen molar-refractivity contribution in [2.75, 3.05) is 52.7 Å². The minimum absolute atomic E-state index is 0.0788. The van der Waals surface area contributed by atoms with Gasteiger partial charge in [-0.25, -0.2) is 14.4 Å². The Kier molecular flexibility index (Phi) is 16.4. The molecule has 0 radical (unpaired) electrons. The Labute approximate surface area is 306 Å². The summed E-state index contributed by atoms with van der Waals surface area (Å²) < 4.78 is 35.5. The van der Waals surface area contributed by atoms with E-state index in [-0.39, 0.29) is 34.4 Å². The highest BCUT2D eigenvalue weighted by atomic mass is 28.4. The van der Waals surface area contributed by atoms with E-state index in [0.717, 1.165) is 12.1 Å². The van der Waals surface area contributed by atoms with Gasteiger partial charge in [-0.05, 0) is 72.2 Å². The average molecular weight is 764 g/mol. The van der Waals surface area contributed by atoms with E-state index < -0.39 is 58.4 Å². The number of hydrogen-bond donors (Lipinski definition) is 4. The Bertz CT molecular complexity index is 1550. The zero-order valence-corrected chi connectivity index (χ0v) is 32.7. The Morgan fingerprint density at radius 3 is 1.58 bits per heavy atom. The van der Waals surface area contributed by atoms with Crippen molar-refractivity contribution < 1.29 is 65.6 Å². The summed E-state index contributed by atoms with van der Waals surface area (Å²) in [6.45, 7) is 13.7. The highest BCUT2D eigenvalue weighted by molar-refractivity contribution is 6.62. The minimum atomic E-state index is -3.29. The monoisotopic (exact) mass is 763 g/mol. The van der Waals surface area contributed by atoms with Crippen LogP contribution in [-0.2, 0) is 26.6 Å². The lowest BCUT2D eigenvalue weighted by Gasteiger charge is -2.43. The lowest BCUT2D eigenvalue weighted by atomic mass is 9.94. The van der Waals surface area contributed by atoms with Crippen molar-refractivity contribution in [1.29, 1.82) is 0 Å². The highest BCUT2D eigenvalue weighted by Crippen LogP contribution is 2.23. The number of hydrogen-bond acceptors (Lipinski definition) is 11. The molecular weight excluding hydrogens is 713 g/mol. The maximum Gasteiger partial charge on any atom is 0.563 e. The number of aromatic carboxylic acids is 2. The maximum atomic E-state index is 13.8. The van der Waals surface area contributed by atoms with Crippen LogP contribution in [0.15, 0.2) is 36.4 Å². The minimum Gasteiger partial charge on any atom is -0.478 e. The van der Waals surface area contributed by atoms with Gasteiger partial charge in [0.05, 0.1) is 35.2 Å². The van der Waals surface area contributed by atoms with Crippen LogP contribution < -0.4 is 10.2 Å². The van der Waals surface area contributed by atoms with E-state index in [2.05, 4.69) is 5.32 Å². The summed E-state index contributed by atoms with van der Waals surface area (Å²) in [4.78, 5) is 65.5. The van der Waals surface area contributed by atoms with Crippen molar-refractivity contribution in [2.24, 2.45) is 0 Å². The molecule has 1 aliphatic rings. The van der Waals surface area contributed by atoms with Crippen molar-refractivity contribution in [3.63, 3.8) is 0 Å².